The van der Waals surface area contributed by atoms with Crippen molar-refractivity contribution in [3.8, 4) is 0 Å². The first-order valence-corrected chi connectivity index (χ1v) is 6.92. The summed E-state index contributed by atoms with van der Waals surface area (Å²) < 4.78 is 66.2. The number of nitrogens with one attached hydrogen (secondary N) is 1. The number of hydrogen-bond acceptors (Lipinski definition) is 2. The second-order valence-corrected chi connectivity index (χ2v) is 5.35. The number of hydrogen-bond donors (Lipinski definition) is 1. The highest BCUT2D eigenvalue weighted by molar-refractivity contribution is 5.48. The maximum atomic E-state index is 13.5. The minimum Gasteiger partial charge on any atom is -0.376 e. The van der Waals surface area contributed by atoms with Gasteiger partial charge in [-0.1, -0.05) is 6.42 Å². The van der Waals surface area contributed by atoms with Gasteiger partial charge in [0.1, 0.15) is 5.69 Å². The predicted molar refractivity (Wildman–Crippen MR) is 69.6 cm³/mol. The average molecular weight is 308 g/mol. The zero-order chi connectivity index (χ0) is 15.6. The summed E-state index contributed by atoms with van der Waals surface area (Å²) in [6.07, 6.45) is 3.25. The second-order valence-electron chi connectivity index (χ2n) is 5.35. The zero-order valence-corrected chi connectivity index (χ0v) is 11.7. The molecule has 0 bridgehead atoms. The summed E-state index contributed by atoms with van der Waals surface area (Å²) in [6, 6.07) is -0.434. The summed E-state index contributed by atoms with van der Waals surface area (Å²) in [6.45, 7) is 3.89. The van der Waals surface area contributed by atoms with Crippen molar-refractivity contribution in [2.24, 2.45) is 0 Å². The number of piperidine rings is 1. The highest BCUT2D eigenvalue weighted by Gasteiger charge is 2.26. The zero-order valence-electron chi connectivity index (χ0n) is 11.7. The van der Waals surface area contributed by atoms with Crippen LogP contribution in [0.3, 0.4) is 0 Å². The molecule has 1 saturated heterocycles. The molecule has 1 aliphatic heterocycles. The molecule has 0 radical (unpaired) electrons. The topological polar surface area (TPSA) is 15.3 Å². The summed E-state index contributed by atoms with van der Waals surface area (Å²) in [5, 5.41) is 2.40. The molecule has 1 N–H and O–H groups in total. The van der Waals surface area contributed by atoms with Crippen LogP contribution in [-0.4, -0.2) is 30.6 Å². The maximum Gasteiger partial charge on any atom is 0.200 e. The molecule has 1 aromatic rings. The number of halogens is 5. The van der Waals surface area contributed by atoms with Crippen molar-refractivity contribution in [3.05, 3.63) is 29.1 Å². The molecule has 0 amide bonds. The molecule has 1 aliphatic rings. The first-order chi connectivity index (χ1) is 9.91. The number of rotatable bonds is 4. The Labute approximate surface area is 119 Å². The first kappa shape index (κ1) is 16.0. The Morgan fingerprint density at radius 3 is 1.86 bits per heavy atom. The fourth-order valence-electron chi connectivity index (χ4n) is 2.55. The van der Waals surface area contributed by atoms with Crippen LogP contribution in [0, 0.1) is 29.1 Å². The molecular weight excluding hydrogens is 291 g/mol. The highest BCUT2D eigenvalue weighted by Crippen LogP contribution is 2.27. The first-order valence-electron chi connectivity index (χ1n) is 6.92. The normalized spacial score (nSPS) is 17.8. The van der Waals surface area contributed by atoms with Gasteiger partial charge in [0.15, 0.2) is 23.3 Å². The second kappa shape index (κ2) is 6.60. The van der Waals surface area contributed by atoms with Crippen LogP contribution in [0.25, 0.3) is 0 Å². The number of likely N-dealkylation sites (tertiary alicyclic amines) is 1. The fraction of sp³-hybridized carbons (Fsp3) is 0.571. The lowest BCUT2D eigenvalue weighted by Gasteiger charge is -2.29. The lowest BCUT2D eigenvalue weighted by molar-refractivity contribution is 0.223. The monoisotopic (exact) mass is 308 g/mol. The molecular formula is C14H17F5N2. The summed E-state index contributed by atoms with van der Waals surface area (Å²) in [5.74, 6) is -9.64. The third-order valence-electron chi connectivity index (χ3n) is 3.58. The Morgan fingerprint density at radius 2 is 1.33 bits per heavy atom. The van der Waals surface area contributed by atoms with E-state index < -0.39 is 40.8 Å². The summed E-state index contributed by atoms with van der Waals surface area (Å²) in [4.78, 5) is 2.10. The minimum absolute atomic E-state index is 0.434. The molecule has 7 heteroatoms. The Hall–Kier alpha value is -1.37. The van der Waals surface area contributed by atoms with Crippen molar-refractivity contribution in [2.45, 2.75) is 32.2 Å². The van der Waals surface area contributed by atoms with Gasteiger partial charge in [-0.2, -0.15) is 0 Å². The molecule has 2 nitrogen and oxygen atoms in total. The van der Waals surface area contributed by atoms with E-state index in [1.807, 2.05) is 0 Å². The fourth-order valence-corrected chi connectivity index (χ4v) is 2.55. The highest BCUT2D eigenvalue weighted by atomic mass is 19.2. The van der Waals surface area contributed by atoms with Crippen LogP contribution in [0.2, 0.25) is 0 Å². The molecule has 21 heavy (non-hydrogen) atoms. The van der Waals surface area contributed by atoms with Crippen LogP contribution in [0.1, 0.15) is 26.2 Å². The van der Waals surface area contributed by atoms with Crippen molar-refractivity contribution >= 4 is 5.69 Å². The molecule has 118 valence electrons. The van der Waals surface area contributed by atoms with E-state index in [-0.39, 0.29) is 0 Å². The lowest BCUT2D eigenvalue weighted by atomic mass is 10.1. The van der Waals surface area contributed by atoms with Gasteiger partial charge in [-0.05, 0) is 32.9 Å². The van der Waals surface area contributed by atoms with Gasteiger partial charge >= 0.3 is 0 Å². The van der Waals surface area contributed by atoms with E-state index in [1.54, 1.807) is 6.92 Å². The summed E-state index contributed by atoms with van der Waals surface area (Å²) in [5.41, 5.74) is -0.962. The SMILES string of the molecule is CC(CN1CCCCC1)Nc1c(F)c(F)c(F)c(F)c1F. The number of benzene rings is 1. The van der Waals surface area contributed by atoms with E-state index in [9.17, 15) is 22.0 Å². The average Bonchev–Trinajstić information content (AvgIpc) is 2.48. The van der Waals surface area contributed by atoms with Crippen LogP contribution in [0.5, 0.6) is 0 Å². The number of anilines is 1. The predicted octanol–water partition coefficient (Wildman–Crippen LogP) is 3.67. The summed E-state index contributed by atoms with van der Waals surface area (Å²) in [7, 11) is 0. The van der Waals surface area contributed by atoms with Gasteiger partial charge in [0.2, 0.25) is 5.82 Å². The molecule has 0 aromatic heterocycles. The molecule has 1 aromatic carbocycles. The van der Waals surface area contributed by atoms with Gasteiger partial charge in [-0.25, -0.2) is 22.0 Å². The third-order valence-corrected chi connectivity index (χ3v) is 3.58. The van der Waals surface area contributed by atoms with Crippen molar-refractivity contribution < 1.29 is 22.0 Å². The van der Waals surface area contributed by atoms with E-state index >= 15 is 0 Å². The quantitative estimate of drug-likeness (QED) is 0.519. The van der Waals surface area contributed by atoms with Crippen LogP contribution in [-0.2, 0) is 0 Å². The van der Waals surface area contributed by atoms with Crippen molar-refractivity contribution in [1.29, 1.82) is 0 Å². The Balaban J connectivity index is 2.11. The Morgan fingerprint density at radius 1 is 0.857 bits per heavy atom. The van der Waals surface area contributed by atoms with Gasteiger partial charge in [-0.15, -0.1) is 0 Å². The maximum absolute atomic E-state index is 13.5. The van der Waals surface area contributed by atoms with Crippen LogP contribution >= 0.6 is 0 Å². The Bertz CT molecular complexity index is 486. The molecule has 0 spiro atoms. The third kappa shape index (κ3) is 3.45. The molecule has 0 aliphatic carbocycles. The van der Waals surface area contributed by atoms with E-state index in [0.717, 1.165) is 32.4 Å². The summed E-state index contributed by atoms with van der Waals surface area (Å²) >= 11 is 0. The van der Waals surface area contributed by atoms with Gasteiger partial charge < -0.3 is 10.2 Å². The Kier molecular flexibility index (Phi) is 5.03. The largest absolute Gasteiger partial charge is 0.376 e. The van der Waals surface area contributed by atoms with Crippen LogP contribution in [0.15, 0.2) is 0 Å². The standard InChI is InChI=1S/C14H17F5N2/c1-8(7-21-5-3-2-4-6-21)20-14-12(18)10(16)9(15)11(17)13(14)19/h8,20H,2-7H2,1H3. The van der Waals surface area contributed by atoms with Crippen molar-refractivity contribution in [1.82, 2.24) is 4.90 Å². The van der Waals surface area contributed by atoms with Gasteiger partial charge in [0.25, 0.3) is 0 Å². The molecule has 0 saturated carbocycles. The minimum atomic E-state index is -2.14. The molecule has 1 atom stereocenters. The van der Waals surface area contributed by atoms with Gasteiger partial charge in [0, 0.05) is 12.6 Å². The van der Waals surface area contributed by atoms with Crippen molar-refractivity contribution in [3.63, 3.8) is 0 Å². The lowest BCUT2D eigenvalue weighted by Crippen LogP contribution is -2.38. The van der Waals surface area contributed by atoms with Crippen molar-refractivity contribution in [2.75, 3.05) is 25.0 Å². The van der Waals surface area contributed by atoms with Crippen LogP contribution in [0.4, 0.5) is 27.6 Å². The van der Waals surface area contributed by atoms with E-state index in [4.69, 9.17) is 0 Å². The smallest absolute Gasteiger partial charge is 0.200 e. The van der Waals surface area contributed by atoms with Gasteiger partial charge in [-0.3, -0.25) is 0 Å². The molecule has 2 rings (SSSR count). The number of nitrogens with zero attached hydrogens (tertiary/aromatic N) is 1. The van der Waals surface area contributed by atoms with Gasteiger partial charge in [0.05, 0.1) is 0 Å². The molecule has 1 fully saturated rings. The van der Waals surface area contributed by atoms with E-state index in [1.165, 1.54) is 0 Å². The van der Waals surface area contributed by atoms with E-state index in [0.29, 0.717) is 6.54 Å². The molecule has 1 unspecified atom stereocenters. The van der Waals surface area contributed by atoms with E-state index in [2.05, 4.69) is 10.2 Å². The van der Waals surface area contributed by atoms with Crippen LogP contribution < -0.4 is 5.32 Å². The molecule has 1 heterocycles.